The summed E-state index contributed by atoms with van der Waals surface area (Å²) in [6, 6.07) is 19.3. The van der Waals surface area contributed by atoms with Crippen molar-refractivity contribution >= 4 is 45.5 Å². The summed E-state index contributed by atoms with van der Waals surface area (Å²) in [5.74, 6) is 0.680. The molecule has 1 aliphatic heterocycles. The first kappa shape index (κ1) is 19.8. The van der Waals surface area contributed by atoms with Gasteiger partial charge in [0.2, 0.25) is 0 Å². The van der Waals surface area contributed by atoms with Gasteiger partial charge in [-0.2, -0.15) is 5.10 Å². The van der Waals surface area contributed by atoms with Crippen LogP contribution in [0.25, 0.3) is 22.3 Å². The number of rotatable bonds is 4. The summed E-state index contributed by atoms with van der Waals surface area (Å²) in [6.45, 7) is 1.25. The highest BCUT2D eigenvalue weighted by Crippen LogP contribution is 2.26. The van der Waals surface area contributed by atoms with Crippen LogP contribution in [0.3, 0.4) is 0 Å². The molecule has 0 saturated carbocycles. The third kappa shape index (κ3) is 4.19. The summed E-state index contributed by atoms with van der Waals surface area (Å²) in [5.41, 5.74) is 3.88. The third-order valence-corrected chi connectivity index (χ3v) is 6.12. The number of carbonyl (C=O) groups is 1. The van der Waals surface area contributed by atoms with Crippen molar-refractivity contribution in [3.05, 3.63) is 83.0 Å². The zero-order valence-electron chi connectivity index (χ0n) is 16.5. The van der Waals surface area contributed by atoms with Crippen LogP contribution in [0.4, 0.5) is 0 Å². The van der Waals surface area contributed by atoms with Gasteiger partial charge < -0.3 is 5.32 Å². The SMILES string of the molecule is O=C(NC1=NCCS1)c1cc(-c2ccccc2)nc2c1cnn2Cc1ccc(Cl)cc1. The van der Waals surface area contributed by atoms with E-state index in [-0.39, 0.29) is 5.91 Å². The number of halogens is 1. The Kier molecular flexibility index (Phi) is 5.44. The lowest BCUT2D eigenvalue weighted by atomic mass is 10.1. The molecule has 6 nitrogen and oxygen atoms in total. The molecule has 0 aliphatic carbocycles. The van der Waals surface area contributed by atoms with Crippen LogP contribution in [0.1, 0.15) is 15.9 Å². The smallest absolute Gasteiger partial charge is 0.258 e. The number of aliphatic imine (C=N–C) groups is 1. The molecule has 4 aromatic rings. The van der Waals surface area contributed by atoms with Crippen molar-refractivity contribution in [1.29, 1.82) is 0 Å². The molecule has 1 amide bonds. The van der Waals surface area contributed by atoms with Gasteiger partial charge in [0, 0.05) is 16.3 Å². The fourth-order valence-electron chi connectivity index (χ4n) is 3.45. The van der Waals surface area contributed by atoms with Crippen molar-refractivity contribution in [3.8, 4) is 11.3 Å². The first-order valence-electron chi connectivity index (χ1n) is 9.82. The Labute approximate surface area is 188 Å². The minimum Gasteiger partial charge on any atom is -0.301 e. The zero-order chi connectivity index (χ0) is 21.2. The highest BCUT2D eigenvalue weighted by atomic mass is 35.5. The molecule has 31 heavy (non-hydrogen) atoms. The molecule has 8 heteroatoms. The molecule has 0 saturated heterocycles. The van der Waals surface area contributed by atoms with Crippen LogP contribution in [-0.2, 0) is 6.54 Å². The molecule has 5 rings (SSSR count). The van der Waals surface area contributed by atoms with Gasteiger partial charge >= 0.3 is 0 Å². The number of carbonyl (C=O) groups excluding carboxylic acids is 1. The normalized spacial score (nSPS) is 13.4. The van der Waals surface area contributed by atoms with Gasteiger partial charge in [0.1, 0.15) is 0 Å². The summed E-state index contributed by atoms with van der Waals surface area (Å²) >= 11 is 7.56. The average Bonchev–Trinajstić information content (AvgIpc) is 3.45. The molecule has 3 heterocycles. The first-order chi connectivity index (χ1) is 15.2. The number of hydrogen-bond donors (Lipinski definition) is 1. The molecular formula is C23H18ClN5OS. The van der Waals surface area contributed by atoms with Crippen LogP contribution < -0.4 is 5.32 Å². The Morgan fingerprint density at radius 3 is 2.68 bits per heavy atom. The van der Waals surface area contributed by atoms with E-state index < -0.39 is 0 Å². The van der Waals surface area contributed by atoms with Gasteiger partial charge in [-0.3, -0.25) is 9.79 Å². The monoisotopic (exact) mass is 447 g/mol. The van der Waals surface area contributed by atoms with Crippen LogP contribution >= 0.6 is 23.4 Å². The number of nitrogens with zero attached hydrogens (tertiary/aromatic N) is 4. The molecule has 0 fully saturated rings. The second-order valence-electron chi connectivity index (χ2n) is 7.08. The summed E-state index contributed by atoms with van der Waals surface area (Å²) in [4.78, 5) is 22.3. The standard InChI is InChI=1S/C23H18ClN5OS/c24-17-8-6-15(7-9-17)14-29-21-19(13-26-29)18(22(30)28-23-25-10-11-31-23)12-20(27-21)16-4-2-1-3-5-16/h1-9,12-13H,10-11,14H2,(H,25,28,30). The number of amides is 1. The zero-order valence-corrected chi connectivity index (χ0v) is 18.0. The maximum atomic E-state index is 13.1. The van der Waals surface area contributed by atoms with Gasteiger partial charge in [-0.15, -0.1) is 0 Å². The molecule has 154 valence electrons. The molecule has 0 radical (unpaired) electrons. The van der Waals surface area contributed by atoms with E-state index in [2.05, 4.69) is 15.4 Å². The number of benzene rings is 2. The Morgan fingerprint density at radius 2 is 1.94 bits per heavy atom. The van der Waals surface area contributed by atoms with Crippen LogP contribution in [0, 0.1) is 0 Å². The minimum atomic E-state index is -0.205. The Bertz CT molecular complexity index is 1280. The maximum Gasteiger partial charge on any atom is 0.258 e. The van der Waals surface area contributed by atoms with Crippen LogP contribution in [-0.4, -0.2) is 38.1 Å². The number of hydrogen-bond acceptors (Lipinski definition) is 5. The van der Waals surface area contributed by atoms with Crippen molar-refractivity contribution in [1.82, 2.24) is 20.1 Å². The summed E-state index contributed by atoms with van der Waals surface area (Å²) in [6.07, 6.45) is 1.70. The minimum absolute atomic E-state index is 0.205. The highest BCUT2D eigenvalue weighted by Gasteiger charge is 2.20. The summed E-state index contributed by atoms with van der Waals surface area (Å²) in [5, 5.41) is 9.50. The molecule has 1 N–H and O–H groups in total. The lowest BCUT2D eigenvalue weighted by molar-refractivity contribution is 0.0979. The van der Waals surface area contributed by atoms with Crippen molar-refractivity contribution in [2.24, 2.45) is 4.99 Å². The van der Waals surface area contributed by atoms with Crippen LogP contribution in [0.15, 0.2) is 71.9 Å². The lowest BCUT2D eigenvalue weighted by Gasteiger charge is -2.10. The van der Waals surface area contributed by atoms with Crippen LogP contribution in [0.5, 0.6) is 0 Å². The van der Waals surface area contributed by atoms with Gasteiger partial charge in [-0.25, -0.2) is 9.67 Å². The average molecular weight is 448 g/mol. The number of amidine groups is 1. The molecule has 0 spiro atoms. The second kappa shape index (κ2) is 8.53. The van der Waals surface area contributed by atoms with E-state index in [4.69, 9.17) is 16.6 Å². The molecule has 2 aromatic carbocycles. The van der Waals surface area contributed by atoms with E-state index in [1.165, 1.54) is 0 Å². The van der Waals surface area contributed by atoms with Crippen molar-refractivity contribution in [2.75, 3.05) is 12.3 Å². The van der Waals surface area contributed by atoms with E-state index in [1.54, 1.807) is 18.0 Å². The maximum absolute atomic E-state index is 13.1. The summed E-state index contributed by atoms with van der Waals surface area (Å²) in [7, 11) is 0. The van der Waals surface area contributed by atoms with Gasteiger partial charge in [0.25, 0.3) is 5.91 Å². The molecule has 2 aromatic heterocycles. The van der Waals surface area contributed by atoms with Gasteiger partial charge in [-0.05, 0) is 23.8 Å². The van der Waals surface area contributed by atoms with Crippen molar-refractivity contribution < 1.29 is 4.79 Å². The summed E-state index contributed by atoms with van der Waals surface area (Å²) < 4.78 is 1.81. The number of fused-ring (bicyclic) bond motifs is 1. The fourth-order valence-corrected chi connectivity index (χ4v) is 4.30. The van der Waals surface area contributed by atoms with Crippen LogP contribution in [0.2, 0.25) is 5.02 Å². The molecular weight excluding hydrogens is 430 g/mol. The largest absolute Gasteiger partial charge is 0.301 e. The quantitative estimate of drug-likeness (QED) is 0.495. The van der Waals surface area contributed by atoms with E-state index in [0.29, 0.717) is 33.3 Å². The van der Waals surface area contributed by atoms with Gasteiger partial charge in [-0.1, -0.05) is 65.8 Å². The lowest BCUT2D eigenvalue weighted by Crippen LogP contribution is -2.27. The van der Waals surface area contributed by atoms with E-state index in [0.717, 1.165) is 29.1 Å². The predicted molar refractivity (Wildman–Crippen MR) is 126 cm³/mol. The Morgan fingerprint density at radius 1 is 1.13 bits per heavy atom. The molecule has 1 aliphatic rings. The number of pyridine rings is 1. The topological polar surface area (TPSA) is 72.2 Å². The van der Waals surface area contributed by atoms with Gasteiger partial charge in [0.15, 0.2) is 10.8 Å². The van der Waals surface area contributed by atoms with E-state index in [1.807, 2.05) is 65.3 Å². The first-order valence-corrected chi connectivity index (χ1v) is 11.2. The highest BCUT2D eigenvalue weighted by molar-refractivity contribution is 8.14. The third-order valence-electron chi connectivity index (χ3n) is 4.97. The molecule has 0 bridgehead atoms. The Hall–Kier alpha value is -3.16. The van der Waals surface area contributed by atoms with Crippen molar-refractivity contribution in [2.45, 2.75) is 6.54 Å². The number of thioether (sulfide) groups is 1. The van der Waals surface area contributed by atoms with E-state index in [9.17, 15) is 4.79 Å². The fraction of sp³-hybridized carbons (Fsp3) is 0.130. The second-order valence-corrected chi connectivity index (χ2v) is 8.60. The van der Waals surface area contributed by atoms with E-state index >= 15 is 0 Å². The predicted octanol–water partition coefficient (Wildman–Crippen LogP) is 4.63. The molecule has 0 unspecified atom stereocenters. The number of nitrogens with one attached hydrogen (secondary N) is 1. The number of aromatic nitrogens is 3. The van der Waals surface area contributed by atoms with Gasteiger partial charge in [0.05, 0.1) is 35.9 Å². The van der Waals surface area contributed by atoms with Crippen molar-refractivity contribution in [3.63, 3.8) is 0 Å². The molecule has 0 atom stereocenters. The Balaban J connectivity index is 1.60.